The van der Waals surface area contributed by atoms with Crippen molar-refractivity contribution >= 4 is 67.4 Å². The summed E-state index contributed by atoms with van der Waals surface area (Å²) in [6.07, 6.45) is 22.9. The molecule has 0 aromatic heterocycles. The Bertz CT molecular complexity index is 1940. The number of anilines is 3. The number of hydrogen-bond acceptors (Lipinski definition) is 3. The van der Waals surface area contributed by atoms with Crippen molar-refractivity contribution < 1.29 is 0 Å². The van der Waals surface area contributed by atoms with Gasteiger partial charge in [-0.05, 0) is 141 Å². The molecule has 4 aliphatic heterocycles. The highest BCUT2D eigenvalue weighted by Crippen LogP contribution is 2.35. The van der Waals surface area contributed by atoms with Gasteiger partial charge in [0, 0.05) is 65.3 Å². The maximum absolute atomic E-state index is 4.02. The Hall–Kier alpha value is -3.32. The lowest BCUT2D eigenvalue weighted by atomic mass is 9.92. The molecule has 300 valence electrons. The number of halogens is 2. The molecule has 57 heavy (non-hydrogen) atoms. The predicted molar refractivity (Wildman–Crippen MR) is 258 cm³/mol. The van der Waals surface area contributed by atoms with Gasteiger partial charge in [-0.1, -0.05) is 116 Å². The summed E-state index contributed by atoms with van der Waals surface area (Å²) in [7, 11) is -1.76. The van der Waals surface area contributed by atoms with E-state index in [4.69, 9.17) is 0 Å². The molecule has 0 N–H and O–H groups in total. The molecule has 9 rings (SSSR count). The summed E-state index contributed by atoms with van der Waals surface area (Å²) >= 11 is 7.01. The smallest absolute Gasteiger partial charge is 0.118 e. The molecule has 6 heteroatoms. The standard InChI is InChI=1S/C29H38N2Si.C12H14BrN.C10H11Br/c1-3-16-30-18-8-10-24-12-14-26(22-28(24)30)32(20-6-5-7-21-32)27-15-13-25-11-9-19-31(17-4-2)29(25)23-27;1-2-7-14-8-3-4-10-5-6-11(13)9-12(10)14;11-10-6-5-8-3-1-2-4-9(8)7-10/h3-4,12-15,22-23H,1-2,5-11,16-21H2;2,5-6,9H,1,3-4,7-8H2;5-7H,1-4H2. The predicted octanol–water partition coefficient (Wildman–Crippen LogP) is 12.0. The molecule has 1 saturated heterocycles. The van der Waals surface area contributed by atoms with Crippen LogP contribution in [0.1, 0.15) is 79.2 Å². The van der Waals surface area contributed by atoms with Crippen molar-refractivity contribution in [1.29, 1.82) is 0 Å². The Balaban J connectivity index is 0.000000161. The zero-order chi connectivity index (χ0) is 39.6. The van der Waals surface area contributed by atoms with Gasteiger partial charge in [0.05, 0.1) is 0 Å². The van der Waals surface area contributed by atoms with Crippen LogP contribution in [0.2, 0.25) is 12.1 Å². The molecule has 0 spiro atoms. The minimum absolute atomic E-state index is 0.948. The summed E-state index contributed by atoms with van der Waals surface area (Å²) in [5, 5.41) is 3.33. The van der Waals surface area contributed by atoms with Crippen molar-refractivity contribution in [2.75, 3.05) is 54.0 Å². The van der Waals surface area contributed by atoms with E-state index in [1.807, 2.05) is 6.08 Å². The molecule has 0 radical (unpaired) electrons. The fraction of sp³-hybridized carbons (Fsp3) is 0.412. The number of benzene rings is 4. The minimum atomic E-state index is -1.76. The van der Waals surface area contributed by atoms with Crippen LogP contribution in [0.5, 0.6) is 0 Å². The van der Waals surface area contributed by atoms with Gasteiger partial charge in [-0.2, -0.15) is 0 Å². The molecule has 0 unspecified atom stereocenters. The number of aryl methyl sites for hydroxylation is 5. The van der Waals surface area contributed by atoms with Crippen LogP contribution in [-0.2, 0) is 32.1 Å². The molecule has 5 aliphatic rings. The Morgan fingerprint density at radius 2 is 0.842 bits per heavy atom. The van der Waals surface area contributed by atoms with Crippen LogP contribution in [0.4, 0.5) is 17.1 Å². The molecule has 3 nitrogen and oxygen atoms in total. The molecule has 4 aromatic carbocycles. The highest BCUT2D eigenvalue weighted by Gasteiger charge is 2.40. The number of hydrogen-bond donors (Lipinski definition) is 0. The van der Waals surface area contributed by atoms with Crippen LogP contribution in [0, 0.1) is 0 Å². The third-order valence-corrected chi connectivity index (χ3v) is 19.3. The molecular formula is C51H63Br2N3Si. The summed E-state index contributed by atoms with van der Waals surface area (Å²) < 4.78 is 2.38. The third-order valence-electron chi connectivity index (χ3n) is 13.0. The zero-order valence-electron chi connectivity index (χ0n) is 34.2. The summed E-state index contributed by atoms with van der Waals surface area (Å²) in [5.74, 6) is 0. The highest BCUT2D eigenvalue weighted by molar-refractivity contribution is 9.10. The Kier molecular flexibility index (Phi) is 14.7. The Labute approximate surface area is 362 Å². The lowest BCUT2D eigenvalue weighted by molar-refractivity contribution is 0.685. The average Bonchev–Trinajstić information content (AvgIpc) is 3.25. The summed E-state index contributed by atoms with van der Waals surface area (Å²) in [4.78, 5) is 7.49. The van der Waals surface area contributed by atoms with E-state index in [2.05, 4.69) is 151 Å². The lowest BCUT2D eigenvalue weighted by Gasteiger charge is -2.40. The molecule has 0 bridgehead atoms. The minimum Gasteiger partial charge on any atom is -0.368 e. The van der Waals surface area contributed by atoms with Crippen molar-refractivity contribution in [2.45, 2.75) is 95.6 Å². The topological polar surface area (TPSA) is 9.72 Å². The van der Waals surface area contributed by atoms with Gasteiger partial charge in [0.25, 0.3) is 0 Å². The van der Waals surface area contributed by atoms with E-state index in [0.29, 0.717) is 0 Å². The second kappa shape index (κ2) is 20.1. The van der Waals surface area contributed by atoms with E-state index in [1.165, 1.54) is 134 Å². The fourth-order valence-corrected chi connectivity index (χ4v) is 16.0. The zero-order valence-corrected chi connectivity index (χ0v) is 38.4. The Morgan fingerprint density at radius 1 is 0.439 bits per heavy atom. The van der Waals surface area contributed by atoms with Crippen LogP contribution < -0.4 is 25.1 Å². The normalized spacial score (nSPS) is 17.9. The van der Waals surface area contributed by atoms with Gasteiger partial charge in [0.1, 0.15) is 8.07 Å². The maximum atomic E-state index is 4.02. The van der Waals surface area contributed by atoms with Gasteiger partial charge in [-0.25, -0.2) is 0 Å². The fourth-order valence-electron chi connectivity index (χ4n) is 10.2. The van der Waals surface area contributed by atoms with E-state index in [0.717, 1.165) is 43.7 Å². The second-order valence-corrected chi connectivity index (χ2v) is 22.9. The van der Waals surface area contributed by atoms with Crippen LogP contribution in [0.15, 0.2) is 120 Å². The molecule has 1 aliphatic carbocycles. The maximum Gasteiger partial charge on any atom is 0.118 e. The van der Waals surface area contributed by atoms with Gasteiger partial charge in [-0.3, -0.25) is 0 Å². The number of fused-ring (bicyclic) bond motifs is 4. The quantitative estimate of drug-likeness (QED) is 0.129. The summed E-state index contributed by atoms with van der Waals surface area (Å²) in [6, 6.07) is 31.2. The first-order valence-electron chi connectivity index (χ1n) is 21.8. The van der Waals surface area contributed by atoms with Crippen LogP contribution in [-0.4, -0.2) is 47.3 Å². The van der Waals surface area contributed by atoms with Crippen LogP contribution in [0.25, 0.3) is 0 Å². The number of nitrogens with zero attached hydrogens (tertiary/aromatic N) is 3. The largest absolute Gasteiger partial charge is 0.368 e. The van der Waals surface area contributed by atoms with Crippen molar-refractivity contribution in [3.05, 3.63) is 148 Å². The van der Waals surface area contributed by atoms with Crippen molar-refractivity contribution in [3.8, 4) is 0 Å². The van der Waals surface area contributed by atoms with Gasteiger partial charge in [-0.15, -0.1) is 19.7 Å². The summed E-state index contributed by atoms with van der Waals surface area (Å²) in [6.45, 7) is 18.2. The third kappa shape index (κ3) is 9.94. The first kappa shape index (κ1) is 41.8. The lowest BCUT2D eigenvalue weighted by Crippen LogP contribution is -2.59. The van der Waals surface area contributed by atoms with Gasteiger partial charge >= 0.3 is 0 Å². The van der Waals surface area contributed by atoms with E-state index >= 15 is 0 Å². The van der Waals surface area contributed by atoms with Gasteiger partial charge in [0.15, 0.2) is 0 Å². The summed E-state index contributed by atoms with van der Waals surface area (Å²) in [5.41, 5.74) is 12.0. The first-order valence-corrected chi connectivity index (χ1v) is 25.8. The van der Waals surface area contributed by atoms with E-state index in [1.54, 1.807) is 21.5 Å². The number of rotatable bonds is 8. The van der Waals surface area contributed by atoms with E-state index in [9.17, 15) is 0 Å². The molecule has 0 amide bonds. The van der Waals surface area contributed by atoms with Crippen LogP contribution in [0.3, 0.4) is 0 Å². The molecule has 0 saturated carbocycles. The van der Waals surface area contributed by atoms with Crippen LogP contribution >= 0.6 is 31.9 Å². The SMILES string of the molecule is Brc1ccc2c(c1)CCCC2.C=CCN1CCCc2ccc(Br)cc21.C=CCN1CCCc2ccc([Si]3(c4ccc5c(c4)N(CC=C)CCC5)CCCCC3)cc21. The van der Waals surface area contributed by atoms with Crippen molar-refractivity contribution in [2.24, 2.45) is 0 Å². The van der Waals surface area contributed by atoms with Crippen molar-refractivity contribution in [1.82, 2.24) is 0 Å². The van der Waals surface area contributed by atoms with Crippen molar-refractivity contribution in [3.63, 3.8) is 0 Å². The van der Waals surface area contributed by atoms with Gasteiger partial charge in [0.2, 0.25) is 0 Å². The first-order chi connectivity index (χ1) is 27.9. The van der Waals surface area contributed by atoms with Gasteiger partial charge < -0.3 is 14.7 Å². The Morgan fingerprint density at radius 3 is 1.33 bits per heavy atom. The monoisotopic (exact) mass is 903 g/mol. The molecule has 4 heterocycles. The molecule has 1 fully saturated rings. The molecular weight excluding hydrogens is 842 g/mol. The van der Waals surface area contributed by atoms with E-state index < -0.39 is 8.07 Å². The second-order valence-electron chi connectivity index (χ2n) is 16.7. The molecule has 4 aromatic rings. The van der Waals surface area contributed by atoms with E-state index in [-0.39, 0.29) is 0 Å². The average molecular weight is 906 g/mol. The highest BCUT2D eigenvalue weighted by atomic mass is 79.9. The molecule has 0 atom stereocenters.